The summed E-state index contributed by atoms with van der Waals surface area (Å²) in [6, 6.07) is 5.53. The Labute approximate surface area is 152 Å². The number of benzene rings is 1. The maximum atomic E-state index is 11.7. The van der Waals surface area contributed by atoms with E-state index in [1.165, 1.54) is 12.7 Å². The number of carboxylic acids is 1. The number of aryl methyl sites for hydroxylation is 1. The minimum Gasteiger partial charge on any atom is -0.481 e. The van der Waals surface area contributed by atoms with Crippen LogP contribution in [0.3, 0.4) is 0 Å². The summed E-state index contributed by atoms with van der Waals surface area (Å²) in [7, 11) is 1.38. The summed E-state index contributed by atoms with van der Waals surface area (Å²) in [5.74, 6) is -1.66. The van der Waals surface area contributed by atoms with E-state index in [-0.39, 0.29) is 5.97 Å². The lowest BCUT2D eigenvalue weighted by Gasteiger charge is -2.26. The molecule has 26 heavy (non-hydrogen) atoms. The third-order valence-corrected chi connectivity index (χ3v) is 4.77. The molecular formula is C20H23N2O4. The highest BCUT2D eigenvalue weighted by molar-refractivity contribution is 5.95. The number of unbranched alkanes of at least 4 members (excludes halogenated alkanes) is 1. The van der Waals surface area contributed by atoms with Gasteiger partial charge in [0.05, 0.1) is 18.6 Å². The van der Waals surface area contributed by atoms with Gasteiger partial charge in [-0.05, 0) is 55.6 Å². The first-order valence-electron chi connectivity index (χ1n) is 8.79. The number of ether oxygens (including phenoxy) is 1. The van der Waals surface area contributed by atoms with Crippen molar-refractivity contribution in [3.63, 3.8) is 0 Å². The van der Waals surface area contributed by atoms with Crippen molar-refractivity contribution in [1.29, 1.82) is 0 Å². The van der Waals surface area contributed by atoms with Crippen molar-refractivity contribution in [2.75, 3.05) is 26.7 Å². The molecule has 137 valence electrons. The van der Waals surface area contributed by atoms with Crippen molar-refractivity contribution in [2.45, 2.75) is 19.3 Å². The second kappa shape index (κ2) is 8.19. The highest BCUT2D eigenvalue weighted by atomic mass is 16.5. The molecule has 1 aromatic heterocycles. The van der Waals surface area contributed by atoms with Crippen molar-refractivity contribution in [1.82, 2.24) is 9.88 Å². The summed E-state index contributed by atoms with van der Waals surface area (Å²) in [6.07, 6.45) is 9.59. The van der Waals surface area contributed by atoms with Gasteiger partial charge in [0.25, 0.3) is 0 Å². The number of carboxylic acid groups (broad SMARTS) is 1. The molecule has 1 unspecified atom stereocenters. The van der Waals surface area contributed by atoms with E-state index in [0.29, 0.717) is 12.1 Å². The smallest absolute Gasteiger partial charge is 0.337 e. The average Bonchev–Trinajstić information content (AvgIpc) is 3.07. The number of hydrogen-bond acceptors (Lipinski definition) is 4. The van der Waals surface area contributed by atoms with E-state index in [4.69, 9.17) is 9.84 Å². The summed E-state index contributed by atoms with van der Waals surface area (Å²) in [4.78, 5) is 28.2. The van der Waals surface area contributed by atoms with Crippen molar-refractivity contribution in [3.8, 4) is 0 Å². The first-order valence-corrected chi connectivity index (χ1v) is 8.79. The van der Waals surface area contributed by atoms with Gasteiger partial charge in [-0.15, -0.1) is 0 Å². The van der Waals surface area contributed by atoms with Gasteiger partial charge in [-0.3, -0.25) is 9.69 Å². The van der Waals surface area contributed by atoms with Crippen molar-refractivity contribution in [3.05, 3.63) is 47.7 Å². The highest BCUT2D eigenvalue weighted by Gasteiger charge is 2.21. The zero-order valence-electron chi connectivity index (χ0n) is 14.8. The predicted octanol–water partition coefficient (Wildman–Crippen LogP) is 2.65. The SMILES string of the molecule is COC(=O)c1ccc2[nH]cc(CCCCN3CC=[C]C(C(=O)O)C3)c2c1. The minimum absolute atomic E-state index is 0.331. The number of nitrogens with zero attached hydrogens (tertiary/aromatic N) is 1. The molecule has 1 aromatic carbocycles. The van der Waals surface area contributed by atoms with E-state index in [0.717, 1.165) is 43.3 Å². The van der Waals surface area contributed by atoms with Gasteiger partial charge in [0.2, 0.25) is 0 Å². The number of aromatic amines is 1. The van der Waals surface area contributed by atoms with Crippen molar-refractivity contribution < 1.29 is 19.4 Å². The first-order chi connectivity index (χ1) is 12.6. The quantitative estimate of drug-likeness (QED) is 0.589. The Bertz CT molecular complexity index is 824. The molecule has 0 bridgehead atoms. The van der Waals surface area contributed by atoms with Crippen LogP contribution in [0.25, 0.3) is 10.9 Å². The molecule has 0 aliphatic carbocycles. The number of aliphatic carboxylic acids is 1. The number of carbonyl (C=O) groups is 2. The van der Waals surface area contributed by atoms with Crippen LogP contribution in [0.15, 0.2) is 30.5 Å². The standard InChI is InChI=1S/C20H23N2O4/c1-26-20(25)14-7-8-18-17(11-14)15(12-21-18)5-2-3-9-22-10-4-6-16(13-22)19(23)24/h4,7-8,11-12,16,21H,2-3,5,9-10,13H2,1H3,(H,23,24). The Morgan fingerprint density at radius 1 is 1.38 bits per heavy atom. The Balaban J connectivity index is 1.54. The number of carbonyl (C=O) groups excluding carboxylic acids is 1. The van der Waals surface area contributed by atoms with Crippen LogP contribution in [0.1, 0.15) is 28.8 Å². The minimum atomic E-state index is -0.814. The molecule has 0 amide bonds. The molecule has 0 saturated heterocycles. The lowest BCUT2D eigenvalue weighted by atomic mass is 10.0. The van der Waals surface area contributed by atoms with Gasteiger partial charge in [-0.2, -0.15) is 0 Å². The summed E-state index contributed by atoms with van der Waals surface area (Å²) in [5.41, 5.74) is 2.74. The van der Waals surface area contributed by atoms with Gasteiger partial charge in [0.1, 0.15) is 0 Å². The molecule has 2 N–H and O–H groups in total. The molecule has 0 saturated carbocycles. The molecule has 1 radical (unpaired) electrons. The predicted molar refractivity (Wildman–Crippen MR) is 98.0 cm³/mol. The number of nitrogens with one attached hydrogen (secondary N) is 1. The number of esters is 1. The van der Waals surface area contributed by atoms with Gasteiger partial charge in [-0.1, -0.05) is 6.08 Å². The number of H-pyrrole nitrogens is 1. The van der Waals surface area contributed by atoms with E-state index in [1.54, 1.807) is 6.07 Å². The molecule has 1 aliphatic rings. The number of rotatable bonds is 7. The van der Waals surface area contributed by atoms with E-state index in [2.05, 4.69) is 16.0 Å². The van der Waals surface area contributed by atoms with Crippen LogP contribution in [-0.2, 0) is 16.0 Å². The van der Waals surface area contributed by atoms with E-state index >= 15 is 0 Å². The van der Waals surface area contributed by atoms with Crippen molar-refractivity contribution in [2.24, 2.45) is 5.92 Å². The zero-order chi connectivity index (χ0) is 18.5. The molecule has 3 rings (SSSR count). The summed E-state index contributed by atoms with van der Waals surface area (Å²) in [6.45, 7) is 2.17. The average molecular weight is 355 g/mol. The van der Waals surface area contributed by atoms with Crippen LogP contribution in [0.5, 0.6) is 0 Å². The number of fused-ring (bicyclic) bond motifs is 1. The van der Waals surface area contributed by atoms with Crippen LogP contribution < -0.4 is 0 Å². The Hall–Kier alpha value is -2.60. The normalized spacial score (nSPS) is 17.5. The molecule has 1 atom stereocenters. The zero-order valence-corrected chi connectivity index (χ0v) is 14.8. The Morgan fingerprint density at radius 3 is 3.00 bits per heavy atom. The Morgan fingerprint density at radius 2 is 2.23 bits per heavy atom. The number of methoxy groups -OCH3 is 1. The summed E-state index contributed by atoms with van der Waals surface area (Å²) >= 11 is 0. The van der Waals surface area contributed by atoms with E-state index < -0.39 is 11.9 Å². The van der Waals surface area contributed by atoms with Gasteiger partial charge in [0, 0.05) is 30.2 Å². The third-order valence-electron chi connectivity index (χ3n) is 4.77. The Kier molecular flexibility index (Phi) is 5.73. The van der Waals surface area contributed by atoms with E-state index in [9.17, 15) is 9.59 Å². The third kappa shape index (κ3) is 4.14. The second-order valence-corrected chi connectivity index (χ2v) is 6.54. The van der Waals surface area contributed by atoms with Gasteiger partial charge < -0.3 is 14.8 Å². The van der Waals surface area contributed by atoms with Crippen molar-refractivity contribution >= 4 is 22.8 Å². The molecule has 1 aliphatic heterocycles. The van der Waals surface area contributed by atoms with Crippen LogP contribution in [0, 0.1) is 12.0 Å². The maximum absolute atomic E-state index is 11.7. The molecule has 2 aromatic rings. The van der Waals surface area contributed by atoms with Crippen LogP contribution >= 0.6 is 0 Å². The fraction of sp³-hybridized carbons (Fsp3) is 0.400. The molecular weight excluding hydrogens is 332 g/mol. The number of aromatic nitrogens is 1. The first kappa shape index (κ1) is 18.2. The van der Waals surface area contributed by atoms with E-state index in [1.807, 2.05) is 24.4 Å². The van der Waals surface area contributed by atoms with Gasteiger partial charge in [0.15, 0.2) is 0 Å². The fourth-order valence-electron chi connectivity index (χ4n) is 3.32. The summed E-state index contributed by atoms with van der Waals surface area (Å²) < 4.78 is 4.79. The monoisotopic (exact) mass is 355 g/mol. The second-order valence-electron chi connectivity index (χ2n) is 6.54. The molecule has 6 nitrogen and oxygen atoms in total. The van der Waals surface area contributed by atoms with Crippen LogP contribution in [-0.4, -0.2) is 53.7 Å². The topological polar surface area (TPSA) is 82.6 Å². The largest absolute Gasteiger partial charge is 0.481 e. The lowest BCUT2D eigenvalue weighted by molar-refractivity contribution is -0.141. The summed E-state index contributed by atoms with van der Waals surface area (Å²) in [5, 5.41) is 10.1. The maximum Gasteiger partial charge on any atom is 0.337 e. The molecule has 2 heterocycles. The van der Waals surface area contributed by atoms with Gasteiger partial charge in [-0.25, -0.2) is 4.79 Å². The van der Waals surface area contributed by atoms with Crippen LogP contribution in [0.4, 0.5) is 0 Å². The fourth-order valence-corrected chi connectivity index (χ4v) is 3.32. The molecule has 0 spiro atoms. The van der Waals surface area contributed by atoms with Crippen LogP contribution in [0.2, 0.25) is 0 Å². The molecule has 6 heteroatoms. The number of hydrogen-bond donors (Lipinski definition) is 2. The molecule has 0 fully saturated rings. The van der Waals surface area contributed by atoms with Gasteiger partial charge >= 0.3 is 11.9 Å². The lowest BCUT2D eigenvalue weighted by Crippen LogP contribution is -2.36. The highest BCUT2D eigenvalue weighted by Crippen LogP contribution is 2.22.